The van der Waals surface area contributed by atoms with Crippen LogP contribution in [0.4, 0.5) is 0 Å². The minimum absolute atomic E-state index is 0. The Hall–Kier alpha value is -2.74. The van der Waals surface area contributed by atoms with Crippen LogP contribution in [-0.2, 0) is 27.3 Å². The summed E-state index contributed by atoms with van der Waals surface area (Å²) < 4.78 is 0. The van der Waals surface area contributed by atoms with Crippen molar-refractivity contribution in [2.24, 2.45) is 0 Å². The van der Waals surface area contributed by atoms with Gasteiger partial charge in [0.2, 0.25) is 0 Å². The van der Waals surface area contributed by atoms with Gasteiger partial charge in [-0.05, 0) is 46.5 Å². The molecular formula is C24H18CdO4. The van der Waals surface area contributed by atoms with E-state index >= 15 is 0 Å². The fourth-order valence-electron chi connectivity index (χ4n) is 3.29. The van der Waals surface area contributed by atoms with Crippen molar-refractivity contribution < 1.29 is 47.1 Å². The first-order valence-electron chi connectivity index (χ1n) is 8.79. The molecule has 0 unspecified atom stereocenters. The number of fused-ring (bicyclic) bond motifs is 2. The van der Waals surface area contributed by atoms with E-state index in [0.29, 0.717) is 0 Å². The summed E-state index contributed by atoms with van der Waals surface area (Å²) >= 11 is 0. The van der Waals surface area contributed by atoms with Gasteiger partial charge in [-0.1, -0.05) is 72.8 Å². The molecule has 140 valence electrons. The molecule has 0 saturated carbocycles. The predicted octanol–water partition coefficient (Wildman–Crippen LogP) is 3.02. The summed E-state index contributed by atoms with van der Waals surface area (Å²) in [6.07, 6.45) is 0. The van der Waals surface area contributed by atoms with Crippen molar-refractivity contribution in [2.75, 3.05) is 0 Å². The Morgan fingerprint density at radius 2 is 0.862 bits per heavy atom. The van der Waals surface area contributed by atoms with Crippen molar-refractivity contribution in [1.29, 1.82) is 0 Å². The van der Waals surface area contributed by atoms with Gasteiger partial charge in [0.1, 0.15) is 0 Å². The van der Waals surface area contributed by atoms with E-state index in [4.69, 9.17) is 0 Å². The Balaban J connectivity index is 0.000000200. The van der Waals surface area contributed by atoms with Crippen LogP contribution in [0, 0.1) is 13.8 Å². The van der Waals surface area contributed by atoms with Gasteiger partial charge in [0, 0.05) is 11.1 Å². The smallest absolute Gasteiger partial charge is 0.545 e. The quantitative estimate of drug-likeness (QED) is 0.411. The molecule has 29 heavy (non-hydrogen) atoms. The minimum Gasteiger partial charge on any atom is -0.545 e. The standard InChI is InChI=1S/2C12H10O2.Cd/c2*1-8-4-2-6-10-9(8)5-3-7-11(10)12(13)14;/h2*2-7H,1H3,(H,13,14);/q;;+2/p-2. The van der Waals surface area contributed by atoms with Gasteiger partial charge in [-0.2, -0.15) is 0 Å². The van der Waals surface area contributed by atoms with Crippen molar-refractivity contribution in [3.05, 3.63) is 95.1 Å². The monoisotopic (exact) mass is 484 g/mol. The average Bonchev–Trinajstić information content (AvgIpc) is 2.68. The molecule has 0 amide bonds. The first kappa shape index (κ1) is 22.6. The molecule has 0 saturated heterocycles. The zero-order valence-corrected chi connectivity index (χ0v) is 20.3. The molecule has 4 nitrogen and oxygen atoms in total. The zero-order chi connectivity index (χ0) is 20.3. The number of aryl methyl sites for hydroxylation is 2. The van der Waals surface area contributed by atoms with Crippen molar-refractivity contribution >= 4 is 33.5 Å². The number of hydrogen-bond donors (Lipinski definition) is 0. The molecular weight excluding hydrogens is 465 g/mol. The van der Waals surface area contributed by atoms with Crippen LogP contribution in [0.5, 0.6) is 0 Å². The summed E-state index contributed by atoms with van der Waals surface area (Å²) in [6.45, 7) is 3.92. The van der Waals surface area contributed by atoms with Crippen molar-refractivity contribution in [2.45, 2.75) is 13.8 Å². The molecule has 0 aliphatic carbocycles. The first-order chi connectivity index (χ1) is 13.4. The van der Waals surface area contributed by atoms with Crippen LogP contribution in [0.3, 0.4) is 0 Å². The molecule has 0 atom stereocenters. The van der Waals surface area contributed by atoms with E-state index in [0.717, 1.165) is 32.7 Å². The third kappa shape index (κ3) is 4.82. The maximum absolute atomic E-state index is 10.8. The van der Waals surface area contributed by atoms with Gasteiger partial charge in [-0.25, -0.2) is 0 Å². The van der Waals surface area contributed by atoms with Crippen LogP contribution in [-0.4, -0.2) is 11.9 Å². The molecule has 4 rings (SSSR count). The second-order valence-electron chi connectivity index (χ2n) is 6.53. The summed E-state index contributed by atoms with van der Waals surface area (Å²) in [5.74, 6) is -2.25. The molecule has 0 radical (unpaired) electrons. The minimum atomic E-state index is -1.12. The van der Waals surface area contributed by atoms with Crippen LogP contribution in [0.2, 0.25) is 0 Å². The molecule has 0 aromatic heterocycles. The maximum Gasteiger partial charge on any atom is 2.00 e. The molecule has 5 heteroatoms. The molecule has 4 aromatic rings. The third-order valence-corrected chi connectivity index (χ3v) is 4.72. The summed E-state index contributed by atoms with van der Waals surface area (Å²) in [5.41, 5.74) is 2.66. The van der Waals surface area contributed by atoms with E-state index in [1.807, 2.05) is 50.2 Å². The summed E-state index contributed by atoms with van der Waals surface area (Å²) in [4.78, 5) is 21.6. The van der Waals surface area contributed by atoms with Crippen LogP contribution >= 0.6 is 0 Å². The fourth-order valence-corrected chi connectivity index (χ4v) is 3.29. The second kappa shape index (κ2) is 9.65. The normalized spacial score (nSPS) is 10.0. The number of carbonyl (C=O) groups excluding carboxylic acids is 2. The molecule has 4 aromatic carbocycles. The fraction of sp³-hybridized carbons (Fsp3) is 0.0833. The number of aromatic carboxylic acids is 2. The Morgan fingerprint density at radius 1 is 0.552 bits per heavy atom. The summed E-state index contributed by atoms with van der Waals surface area (Å²) in [6, 6.07) is 21.7. The van der Waals surface area contributed by atoms with E-state index in [2.05, 4.69) is 0 Å². The maximum atomic E-state index is 10.8. The number of carbonyl (C=O) groups is 2. The number of benzene rings is 4. The van der Waals surface area contributed by atoms with Crippen molar-refractivity contribution in [3.63, 3.8) is 0 Å². The topological polar surface area (TPSA) is 80.3 Å². The van der Waals surface area contributed by atoms with Crippen LogP contribution in [0.15, 0.2) is 72.8 Å². The number of hydrogen-bond acceptors (Lipinski definition) is 4. The Labute approximate surface area is 189 Å². The molecule has 0 aliphatic rings. The van der Waals surface area contributed by atoms with Gasteiger partial charge < -0.3 is 19.8 Å². The second-order valence-corrected chi connectivity index (χ2v) is 6.53. The molecule has 0 bridgehead atoms. The molecule has 0 N–H and O–H groups in total. The van der Waals surface area contributed by atoms with Gasteiger partial charge in [0.05, 0.1) is 11.9 Å². The van der Waals surface area contributed by atoms with Gasteiger partial charge in [0.15, 0.2) is 0 Å². The van der Waals surface area contributed by atoms with E-state index < -0.39 is 11.9 Å². The van der Waals surface area contributed by atoms with Gasteiger partial charge >= 0.3 is 27.3 Å². The van der Waals surface area contributed by atoms with Crippen molar-refractivity contribution in [1.82, 2.24) is 0 Å². The van der Waals surface area contributed by atoms with Crippen LogP contribution < -0.4 is 10.2 Å². The SMILES string of the molecule is Cc1cccc2c(C(=O)[O-])cccc12.Cc1cccc2c(C(=O)[O-])cccc12.[Cd+2]. The summed E-state index contributed by atoms with van der Waals surface area (Å²) in [7, 11) is 0. The number of rotatable bonds is 2. The molecule has 0 fully saturated rings. The average molecular weight is 483 g/mol. The van der Waals surface area contributed by atoms with E-state index in [-0.39, 0.29) is 38.4 Å². The largest absolute Gasteiger partial charge is 2.00 e. The Bertz CT molecular complexity index is 1100. The van der Waals surface area contributed by atoms with Gasteiger partial charge in [-0.3, -0.25) is 0 Å². The van der Waals surface area contributed by atoms with E-state index in [9.17, 15) is 19.8 Å². The first-order valence-corrected chi connectivity index (χ1v) is 8.79. The predicted molar refractivity (Wildman–Crippen MR) is 106 cm³/mol. The summed E-state index contributed by atoms with van der Waals surface area (Å²) in [5, 5.41) is 25.1. The van der Waals surface area contributed by atoms with Crippen molar-refractivity contribution in [3.8, 4) is 0 Å². The van der Waals surface area contributed by atoms with E-state index in [1.54, 1.807) is 36.4 Å². The molecule has 0 aliphatic heterocycles. The third-order valence-electron chi connectivity index (χ3n) is 4.72. The van der Waals surface area contributed by atoms with Crippen LogP contribution in [0.1, 0.15) is 31.8 Å². The molecule has 0 heterocycles. The molecule has 0 spiro atoms. The van der Waals surface area contributed by atoms with Crippen LogP contribution in [0.25, 0.3) is 21.5 Å². The number of carboxylic acid groups (broad SMARTS) is 2. The Kier molecular flexibility index (Phi) is 7.50. The van der Waals surface area contributed by atoms with Gasteiger partial charge in [-0.15, -0.1) is 0 Å². The zero-order valence-electron chi connectivity index (χ0n) is 16.3. The van der Waals surface area contributed by atoms with Gasteiger partial charge in [0.25, 0.3) is 0 Å². The number of carboxylic acids is 2. The van der Waals surface area contributed by atoms with E-state index in [1.165, 1.54) is 0 Å². The Morgan fingerprint density at radius 3 is 1.21 bits per heavy atom.